The number of morpholine rings is 1. The number of hydrogen-bond acceptors (Lipinski definition) is 3. The summed E-state index contributed by atoms with van der Waals surface area (Å²) in [6, 6.07) is 19.1. The van der Waals surface area contributed by atoms with E-state index < -0.39 is 0 Å². The Labute approximate surface area is 154 Å². The number of amides is 1. The maximum absolute atomic E-state index is 12.7. The molecule has 1 fully saturated rings. The van der Waals surface area contributed by atoms with E-state index in [2.05, 4.69) is 0 Å². The van der Waals surface area contributed by atoms with Gasteiger partial charge in [0.25, 0.3) is 0 Å². The van der Waals surface area contributed by atoms with E-state index in [9.17, 15) is 4.79 Å². The van der Waals surface area contributed by atoms with Gasteiger partial charge in [-0.05, 0) is 24.3 Å². The smallest absolute Gasteiger partial charge is 0.419 e. The molecule has 6 heteroatoms. The van der Waals surface area contributed by atoms with Gasteiger partial charge in [-0.25, -0.2) is 9.69 Å². The predicted molar refractivity (Wildman–Crippen MR) is 92.8 cm³/mol. The number of carbonyl (C=O) groups is 1. The molecule has 2 aromatic carbocycles. The molecule has 1 amide bonds. The van der Waals surface area contributed by atoms with Crippen LogP contribution in [0.3, 0.4) is 0 Å². The van der Waals surface area contributed by atoms with Gasteiger partial charge in [-0.2, -0.15) is 0 Å². The van der Waals surface area contributed by atoms with E-state index in [1.807, 2.05) is 60.7 Å². The standard InChI is InChI=1S/C19H22N2O3.ClH/c22-19(24-16-13-20-11-14-23-15-12-20)21(17-7-3-1-4-8-17)18-9-5-2-6-10-18;/h1-10H,11-16H2;1H. The quantitative estimate of drug-likeness (QED) is 0.733. The van der Waals surface area contributed by atoms with E-state index in [-0.39, 0.29) is 18.5 Å². The van der Waals surface area contributed by atoms with Crippen LogP contribution in [-0.2, 0) is 9.47 Å². The molecule has 0 aliphatic carbocycles. The first-order valence-electron chi connectivity index (χ1n) is 8.33. The van der Waals surface area contributed by atoms with Crippen LogP contribution in [0.2, 0.25) is 0 Å². The Hall–Kier alpha value is -2.08. The van der Waals surface area contributed by atoms with Gasteiger partial charge in [-0.1, -0.05) is 36.4 Å². The third-order valence-electron chi connectivity index (χ3n) is 4.09. The van der Waals surface area contributed by atoms with E-state index in [1.54, 1.807) is 4.90 Å². The van der Waals surface area contributed by atoms with Crippen LogP contribution >= 0.6 is 0 Å². The summed E-state index contributed by atoms with van der Waals surface area (Å²) in [7, 11) is 0. The van der Waals surface area contributed by atoms with Crippen LogP contribution in [0.1, 0.15) is 0 Å². The minimum atomic E-state index is -0.347. The van der Waals surface area contributed by atoms with Crippen LogP contribution in [0.15, 0.2) is 60.7 Å². The van der Waals surface area contributed by atoms with Crippen molar-refractivity contribution in [2.75, 3.05) is 44.4 Å². The molecule has 25 heavy (non-hydrogen) atoms. The summed E-state index contributed by atoms with van der Waals surface area (Å²) in [5, 5.41) is 0. The summed E-state index contributed by atoms with van der Waals surface area (Å²) < 4.78 is 10.9. The average Bonchev–Trinajstić information content (AvgIpc) is 2.65. The molecule has 1 N–H and O–H groups in total. The molecule has 0 radical (unpaired) electrons. The van der Waals surface area contributed by atoms with Crippen LogP contribution in [0, 0.1) is 0 Å². The van der Waals surface area contributed by atoms with Gasteiger partial charge < -0.3 is 26.8 Å². The van der Waals surface area contributed by atoms with Gasteiger partial charge in [-0.3, -0.25) is 0 Å². The highest BCUT2D eigenvalue weighted by Crippen LogP contribution is 2.25. The third kappa shape index (κ3) is 5.46. The molecule has 1 aliphatic heterocycles. The summed E-state index contributed by atoms with van der Waals surface area (Å²) in [6.45, 7) is 4.72. The number of benzene rings is 2. The maximum Gasteiger partial charge on any atom is 0.419 e. The zero-order valence-electron chi connectivity index (χ0n) is 14.1. The molecule has 3 rings (SSSR count). The molecule has 0 aromatic heterocycles. The predicted octanol–water partition coefficient (Wildman–Crippen LogP) is -1.12. The van der Waals surface area contributed by atoms with Crippen molar-refractivity contribution in [1.29, 1.82) is 0 Å². The van der Waals surface area contributed by atoms with Gasteiger partial charge >= 0.3 is 6.09 Å². The Balaban J connectivity index is 0.00000225. The second-order valence-corrected chi connectivity index (χ2v) is 5.73. The van der Waals surface area contributed by atoms with Gasteiger partial charge in [0.05, 0.1) is 24.6 Å². The fourth-order valence-corrected chi connectivity index (χ4v) is 2.77. The molecular formula is C19H23ClN2O3. The molecule has 0 bridgehead atoms. The minimum Gasteiger partial charge on any atom is -1.00 e. The number of nitrogens with zero attached hydrogens (tertiary/aromatic N) is 1. The van der Waals surface area contributed by atoms with Crippen LogP contribution < -0.4 is 22.2 Å². The highest BCUT2D eigenvalue weighted by Gasteiger charge is 2.20. The molecule has 5 nitrogen and oxygen atoms in total. The van der Waals surface area contributed by atoms with Crippen LogP contribution in [0.5, 0.6) is 0 Å². The number of para-hydroxylation sites is 2. The number of ether oxygens (including phenoxy) is 2. The molecule has 1 saturated heterocycles. The van der Waals surface area contributed by atoms with E-state index in [0.29, 0.717) is 6.61 Å². The lowest BCUT2D eigenvalue weighted by molar-refractivity contribution is -0.908. The zero-order chi connectivity index (χ0) is 16.6. The summed E-state index contributed by atoms with van der Waals surface area (Å²) in [4.78, 5) is 15.7. The van der Waals surface area contributed by atoms with E-state index in [0.717, 1.165) is 44.2 Å². The molecule has 1 aliphatic rings. The first-order valence-corrected chi connectivity index (χ1v) is 8.33. The van der Waals surface area contributed by atoms with Crippen LogP contribution in [0.4, 0.5) is 16.2 Å². The number of quaternary nitrogens is 1. The minimum absolute atomic E-state index is 0. The summed E-state index contributed by atoms with van der Waals surface area (Å²) in [6.07, 6.45) is -0.347. The highest BCUT2D eigenvalue weighted by molar-refractivity contribution is 5.95. The highest BCUT2D eigenvalue weighted by atomic mass is 35.5. The van der Waals surface area contributed by atoms with Gasteiger partial charge in [0.2, 0.25) is 0 Å². The van der Waals surface area contributed by atoms with Crippen molar-refractivity contribution in [1.82, 2.24) is 0 Å². The Morgan fingerprint density at radius 1 is 0.960 bits per heavy atom. The van der Waals surface area contributed by atoms with Crippen LogP contribution in [-0.4, -0.2) is 45.5 Å². The first kappa shape index (κ1) is 19.2. The van der Waals surface area contributed by atoms with E-state index >= 15 is 0 Å². The number of carbonyl (C=O) groups excluding carboxylic acids is 1. The van der Waals surface area contributed by atoms with Crippen molar-refractivity contribution in [2.45, 2.75) is 0 Å². The molecule has 1 heterocycles. The van der Waals surface area contributed by atoms with Crippen LogP contribution in [0.25, 0.3) is 0 Å². The third-order valence-corrected chi connectivity index (χ3v) is 4.09. The van der Waals surface area contributed by atoms with Gasteiger partial charge in [0, 0.05) is 0 Å². The zero-order valence-corrected chi connectivity index (χ0v) is 14.8. The van der Waals surface area contributed by atoms with Crippen molar-refractivity contribution in [3.8, 4) is 0 Å². The summed E-state index contributed by atoms with van der Waals surface area (Å²) >= 11 is 0. The second kappa shape index (κ2) is 10.0. The number of hydrogen-bond donors (Lipinski definition) is 1. The normalized spacial score (nSPS) is 14.4. The van der Waals surface area contributed by atoms with Gasteiger partial charge in [-0.15, -0.1) is 0 Å². The topological polar surface area (TPSA) is 43.2 Å². The Morgan fingerprint density at radius 2 is 1.48 bits per heavy atom. The SMILES string of the molecule is O=C(OCC[NH+]1CCOCC1)N(c1ccccc1)c1ccccc1.[Cl-]. The lowest BCUT2D eigenvalue weighted by Gasteiger charge is -2.25. The molecule has 2 aromatic rings. The van der Waals surface area contributed by atoms with Crippen molar-refractivity contribution < 1.29 is 31.6 Å². The number of nitrogens with one attached hydrogen (secondary N) is 1. The van der Waals surface area contributed by atoms with Gasteiger partial charge in [0.15, 0.2) is 0 Å². The van der Waals surface area contributed by atoms with Crippen molar-refractivity contribution in [3.63, 3.8) is 0 Å². The molecular weight excluding hydrogens is 340 g/mol. The second-order valence-electron chi connectivity index (χ2n) is 5.73. The monoisotopic (exact) mass is 362 g/mol. The summed E-state index contributed by atoms with van der Waals surface area (Å²) in [5.74, 6) is 0. The summed E-state index contributed by atoms with van der Waals surface area (Å²) in [5.41, 5.74) is 1.60. The Kier molecular flexibility index (Phi) is 7.73. The number of anilines is 2. The van der Waals surface area contributed by atoms with Crippen molar-refractivity contribution in [3.05, 3.63) is 60.7 Å². The lowest BCUT2D eigenvalue weighted by atomic mass is 10.2. The lowest BCUT2D eigenvalue weighted by Crippen LogP contribution is -3.14. The average molecular weight is 363 g/mol. The Bertz CT molecular complexity index is 594. The van der Waals surface area contributed by atoms with Gasteiger partial charge in [0.1, 0.15) is 26.2 Å². The first-order chi connectivity index (χ1) is 11.8. The molecule has 0 atom stereocenters. The Morgan fingerprint density at radius 3 is 2.00 bits per heavy atom. The van der Waals surface area contributed by atoms with E-state index in [1.165, 1.54) is 4.90 Å². The number of rotatable bonds is 5. The van der Waals surface area contributed by atoms with Crippen molar-refractivity contribution in [2.24, 2.45) is 0 Å². The molecule has 0 unspecified atom stereocenters. The fraction of sp³-hybridized carbons (Fsp3) is 0.316. The molecule has 0 saturated carbocycles. The maximum atomic E-state index is 12.7. The largest absolute Gasteiger partial charge is 1.00 e. The van der Waals surface area contributed by atoms with Crippen molar-refractivity contribution >= 4 is 17.5 Å². The fourth-order valence-electron chi connectivity index (χ4n) is 2.77. The molecule has 0 spiro atoms. The van der Waals surface area contributed by atoms with E-state index in [4.69, 9.17) is 9.47 Å². The number of halogens is 1. The molecule has 134 valence electrons.